The van der Waals surface area contributed by atoms with Gasteiger partial charge in [-0.05, 0) is 31.2 Å². The lowest BCUT2D eigenvalue weighted by Gasteiger charge is -2.03. The third-order valence-electron chi connectivity index (χ3n) is 3.73. The molecule has 6 heteroatoms. The standard InChI is InChI=1S/C13H21N3O2S/c17-19(18,16-6-5-10-1-2-10)13-7-12(15-9-13)8-14-11-3-4-11/h7,9-11,14-16H,1-6,8H2. The van der Waals surface area contributed by atoms with Crippen molar-refractivity contribution in [3.05, 3.63) is 18.0 Å². The summed E-state index contributed by atoms with van der Waals surface area (Å²) < 4.78 is 26.8. The SMILES string of the molecule is O=S(=O)(NCCC1CC1)c1c[nH]c(CNC2CC2)c1. The van der Waals surface area contributed by atoms with Crippen LogP contribution in [0.2, 0.25) is 0 Å². The van der Waals surface area contributed by atoms with Gasteiger partial charge in [0.25, 0.3) is 0 Å². The third kappa shape index (κ3) is 3.81. The van der Waals surface area contributed by atoms with Crippen molar-refractivity contribution in [1.29, 1.82) is 0 Å². The molecule has 19 heavy (non-hydrogen) atoms. The molecule has 1 aromatic rings. The predicted octanol–water partition coefficient (Wildman–Crippen LogP) is 1.35. The summed E-state index contributed by atoms with van der Waals surface area (Å²) in [5.74, 6) is 0.743. The van der Waals surface area contributed by atoms with Crippen molar-refractivity contribution in [2.24, 2.45) is 5.92 Å². The van der Waals surface area contributed by atoms with Crippen LogP contribution in [0.1, 0.15) is 37.8 Å². The Balaban J connectivity index is 1.52. The van der Waals surface area contributed by atoms with Gasteiger partial charge in [-0.3, -0.25) is 0 Å². The Bertz CT molecular complexity index is 530. The fourth-order valence-electron chi connectivity index (χ4n) is 2.11. The molecule has 1 aromatic heterocycles. The second-order valence-corrected chi connectivity index (χ2v) is 7.41. The fraction of sp³-hybridized carbons (Fsp3) is 0.692. The van der Waals surface area contributed by atoms with Gasteiger partial charge in [0.05, 0.1) is 4.90 Å². The molecule has 106 valence electrons. The molecule has 1 heterocycles. The number of hydrogen-bond donors (Lipinski definition) is 3. The Labute approximate surface area is 114 Å². The van der Waals surface area contributed by atoms with Crippen molar-refractivity contribution in [3.63, 3.8) is 0 Å². The number of aromatic nitrogens is 1. The largest absolute Gasteiger partial charge is 0.363 e. The maximum absolute atomic E-state index is 12.0. The molecule has 0 aliphatic heterocycles. The Morgan fingerprint density at radius 3 is 2.74 bits per heavy atom. The number of rotatable bonds is 8. The molecule has 0 unspecified atom stereocenters. The van der Waals surface area contributed by atoms with E-state index in [0.29, 0.717) is 24.0 Å². The van der Waals surface area contributed by atoms with Crippen LogP contribution in [0.25, 0.3) is 0 Å². The summed E-state index contributed by atoms with van der Waals surface area (Å²) in [7, 11) is -3.34. The molecular weight excluding hydrogens is 262 g/mol. The molecule has 0 atom stereocenters. The topological polar surface area (TPSA) is 74.0 Å². The van der Waals surface area contributed by atoms with Crippen LogP contribution in [0.3, 0.4) is 0 Å². The number of H-pyrrole nitrogens is 1. The minimum atomic E-state index is -3.34. The summed E-state index contributed by atoms with van der Waals surface area (Å²) in [5, 5.41) is 3.36. The molecule has 3 rings (SSSR count). The molecule has 0 bridgehead atoms. The van der Waals surface area contributed by atoms with Crippen LogP contribution in [-0.2, 0) is 16.6 Å². The van der Waals surface area contributed by atoms with Gasteiger partial charge < -0.3 is 10.3 Å². The van der Waals surface area contributed by atoms with Gasteiger partial charge >= 0.3 is 0 Å². The van der Waals surface area contributed by atoms with Crippen molar-refractivity contribution < 1.29 is 8.42 Å². The van der Waals surface area contributed by atoms with Crippen LogP contribution >= 0.6 is 0 Å². The van der Waals surface area contributed by atoms with E-state index in [9.17, 15) is 8.42 Å². The first-order valence-corrected chi connectivity index (χ1v) is 8.52. The summed E-state index contributed by atoms with van der Waals surface area (Å²) in [4.78, 5) is 3.37. The Kier molecular flexibility index (Phi) is 3.64. The molecule has 0 spiro atoms. The van der Waals surface area contributed by atoms with Crippen molar-refractivity contribution >= 4 is 10.0 Å². The van der Waals surface area contributed by atoms with Crippen LogP contribution in [0.5, 0.6) is 0 Å². The van der Waals surface area contributed by atoms with Gasteiger partial charge in [-0.15, -0.1) is 0 Å². The van der Waals surface area contributed by atoms with Crippen molar-refractivity contribution in [2.45, 2.75) is 49.6 Å². The summed E-state index contributed by atoms with van der Waals surface area (Å²) in [6.07, 6.45) is 7.50. The predicted molar refractivity (Wildman–Crippen MR) is 73.2 cm³/mol. The van der Waals surface area contributed by atoms with Crippen LogP contribution in [-0.4, -0.2) is 26.0 Å². The third-order valence-corrected chi connectivity index (χ3v) is 5.17. The van der Waals surface area contributed by atoms with Gasteiger partial charge in [0, 0.05) is 31.0 Å². The van der Waals surface area contributed by atoms with Crippen LogP contribution in [0, 0.1) is 5.92 Å². The maximum Gasteiger partial charge on any atom is 0.242 e. The van der Waals surface area contributed by atoms with E-state index in [2.05, 4.69) is 15.0 Å². The first-order valence-electron chi connectivity index (χ1n) is 7.04. The van der Waals surface area contributed by atoms with E-state index in [1.807, 2.05) is 0 Å². The van der Waals surface area contributed by atoms with E-state index in [4.69, 9.17) is 0 Å². The molecule has 0 amide bonds. The van der Waals surface area contributed by atoms with Crippen molar-refractivity contribution in [3.8, 4) is 0 Å². The second kappa shape index (κ2) is 5.26. The molecule has 0 radical (unpaired) electrons. The van der Waals surface area contributed by atoms with Gasteiger partial charge in [0.1, 0.15) is 0 Å². The normalized spacial score (nSPS) is 19.8. The first kappa shape index (κ1) is 13.1. The lowest BCUT2D eigenvalue weighted by atomic mass is 10.3. The van der Waals surface area contributed by atoms with Gasteiger partial charge in [0.2, 0.25) is 10.0 Å². The average Bonchev–Trinajstić information content (AvgIpc) is 3.28. The summed E-state index contributed by atoms with van der Waals surface area (Å²) in [5.41, 5.74) is 0.925. The van der Waals surface area contributed by atoms with E-state index in [1.165, 1.54) is 25.7 Å². The fourth-order valence-corrected chi connectivity index (χ4v) is 3.17. The quantitative estimate of drug-likeness (QED) is 0.674. The Morgan fingerprint density at radius 1 is 1.26 bits per heavy atom. The maximum atomic E-state index is 12.0. The van der Waals surface area contributed by atoms with Crippen LogP contribution < -0.4 is 10.0 Å². The molecule has 3 N–H and O–H groups in total. The Hall–Kier alpha value is -0.850. The number of aromatic amines is 1. The monoisotopic (exact) mass is 283 g/mol. The number of sulfonamides is 1. The molecular formula is C13H21N3O2S. The lowest BCUT2D eigenvalue weighted by molar-refractivity contribution is 0.575. The molecule has 2 fully saturated rings. The zero-order valence-electron chi connectivity index (χ0n) is 11.0. The molecule has 2 aliphatic carbocycles. The zero-order valence-corrected chi connectivity index (χ0v) is 11.8. The minimum Gasteiger partial charge on any atom is -0.363 e. The average molecular weight is 283 g/mol. The highest BCUT2D eigenvalue weighted by Gasteiger charge is 2.23. The number of nitrogens with one attached hydrogen (secondary N) is 3. The smallest absolute Gasteiger partial charge is 0.242 e. The summed E-state index contributed by atoms with van der Waals surface area (Å²) >= 11 is 0. The van der Waals surface area contributed by atoms with Crippen molar-refractivity contribution in [2.75, 3.05) is 6.54 Å². The van der Waals surface area contributed by atoms with E-state index >= 15 is 0 Å². The van der Waals surface area contributed by atoms with Gasteiger partial charge in [-0.2, -0.15) is 0 Å². The Morgan fingerprint density at radius 2 is 2.05 bits per heavy atom. The highest BCUT2D eigenvalue weighted by atomic mass is 32.2. The van der Waals surface area contributed by atoms with Crippen LogP contribution in [0.15, 0.2) is 17.2 Å². The van der Waals surface area contributed by atoms with E-state index in [0.717, 1.165) is 18.0 Å². The number of hydrogen-bond acceptors (Lipinski definition) is 3. The highest BCUT2D eigenvalue weighted by molar-refractivity contribution is 7.89. The molecule has 2 saturated carbocycles. The first-order chi connectivity index (χ1) is 9.13. The van der Waals surface area contributed by atoms with Crippen LogP contribution in [0.4, 0.5) is 0 Å². The zero-order chi connectivity index (χ0) is 13.3. The minimum absolute atomic E-state index is 0.343. The lowest BCUT2D eigenvalue weighted by Crippen LogP contribution is -2.24. The highest BCUT2D eigenvalue weighted by Crippen LogP contribution is 2.31. The van der Waals surface area contributed by atoms with Gasteiger partial charge in [-0.1, -0.05) is 12.8 Å². The molecule has 0 saturated heterocycles. The van der Waals surface area contributed by atoms with E-state index < -0.39 is 10.0 Å². The second-order valence-electron chi connectivity index (χ2n) is 5.65. The summed E-state index contributed by atoms with van der Waals surface area (Å²) in [6.45, 7) is 1.26. The van der Waals surface area contributed by atoms with Crippen molar-refractivity contribution in [1.82, 2.24) is 15.0 Å². The molecule has 2 aliphatic rings. The van der Waals surface area contributed by atoms with Gasteiger partial charge in [-0.25, -0.2) is 13.1 Å². The van der Waals surface area contributed by atoms with E-state index in [1.54, 1.807) is 12.3 Å². The summed E-state index contributed by atoms with van der Waals surface area (Å²) in [6, 6.07) is 2.34. The molecule has 0 aromatic carbocycles. The van der Waals surface area contributed by atoms with Gasteiger partial charge in [0.15, 0.2) is 0 Å². The molecule has 5 nitrogen and oxygen atoms in total. The van der Waals surface area contributed by atoms with E-state index in [-0.39, 0.29) is 0 Å².